The molecule has 19 heavy (non-hydrogen) atoms. The Morgan fingerprint density at radius 3 is 2.58 bits per heavy atom. The smallest absolute Gasteiger partial charge is 0.0639 e. The van der Waals surface area contributed by atoms with E-state index >= 15 is 0 Å². The van der Waals surface area contributed by atoms with Gasteiger partial charge in [-0.1, -0.05) is 13.3 Å². The molecule has 0 aliphatic carbocycles. The van der Waals surface area contributed by atoms with Crippen molar-refractivity contribution >= 4 is 0 Å². The van der Waals surface area contributed by atoms with Gasteiger partial charge < -0.3 is 4.90 Å². The van der Waals surface area contributed by atoms with Crippen molar-refractivity contribution in [2.75, 3.05) is 27.2 Å². The first kappa shape index (κ1) is 14.5. The molecule has 4 nitrogen and oxygen atoms in total. The molecule has 1 aromatic heterocycles. The zero-order valence-corrected chi connectivity index (χ0v) is 13.0. The van der Waals surface area contributed by atoms with Gasteiger partial charge in [-0.25, -0.2) is 0 Å². The molecule has 1 fully saturated rings. The van der Waals surface area contributed by atoms with Crippen LogP contribution in [-0.4, -0.2) is 53.2 Å². The van der Waals surface area contributed by atoms with Crippen molar-refractivity contribution in [3.05, 3.63) is 17.0 Å². The van der Waals surface area contributed by atoms with Crippen molar-refractivity contribution in [1.29, 1.82) is 0 Å². The van der Waals surface area contributed by atoms with Crippen LogP contribution in [-0.2, 0) is 6.54 Å². The topological polar surface area (TPSA) is 35.2 Å². The lowest BCUT2D eigenvalue weighted by Gasteiger charge is -2.24. The van der Waals surface area contributed by atoms with Crippen LogP contribution in [0.5, 0.6) is 0 Å². The molecule has 1 saturated heterocycles. The number of likely N-dealkylation sites (tertiary alicyclic amines) is 1. The van der Waals surface area contributed by atoms with Gasteiger partial charge in [0.25, 0.3) is 0 Å². The number of likely N-dealkylation sites (N-methyl/N-ethyl adjacent to an activating group) is 1. The molecular formula is C15H28N4. The number of H-pyrrole nitrogens is 1. The number of aromatic nitrogens is 2. The van der Waals surface area contributed by atoms with Crippen LogP contribution in [0.4, 0.5) is 0 Å². The van der Waals surface area contributed by atoms with E-state index in [0.29, 0.717) is 6.04 Å². The molecule has 0 saturated carbocycles. The number of rotatable bonds is 5. The van der Waals surface area contributed by atoms with Gasteiger partial charge in [0.05, 0.1) is 5.69 Å². The molecule has 1 aliphatic rings. The summed E-state index contributed by atoms with van der Waals surface area (Å²) in [6.07, 6.45) is 2.62. The van der Waals surface area contributed by atoms with Gasteiger partial charge in [0, 0.05) is 36.9 Å². The van der Waals surface area contributed by atoms with E-state index in [1.165, 1.54) is 37.2 Å². The number of nitrogens with one attached hydrogen (secondary N) is 1. The maximum atomic E-state index is 4.31. The first-order valence-electron chi connectivity index (χ1n) is 7.42. The van der Waals surface area contributed by atoms with Gasteiger partial charge in [-0.05, 0) is 40.3 Å². The lowest BCUT2D eigenvalue weighted by Crippen LogP contribution is -2.35. The highest BCUT2D eigenvalue weighted by atomic mass is 15.2. The Morgan fingerprint density at radius 1 is 1.32 bits per heavy atom. The second kappa shape index (κ2) is 6.06. The third-order valence-corrected chi connectivity index (χ3v) is 4.47. The SMILES string of the molecule is CCC[C@H]1CN(Cc2c(C)n[nH]c2C)C[C@@H]1N(C)C. The minimum Gasteiger partial charge on any atom is -0.305 e. The van der Waals surface area contributed by atoms with Crippen LogP contribution in [0, 0.1) is 19.8 Å². The number of hydrogen-bond acceptors (Lipinski definition) is 3. The molecule has 1 aromatic rings. The maximum Gasteiger partial charge on any atom is 0.0639 e. The monoisotopic (exact) mass is 264 g/mol. The van der Waals surface area contributed by atoms with E-state index in [2.05, 4.69) is 54.9 Å². The van der Waals surface area contributed by atoms with Gasteiger partial charge >= 0.3 is 0 Å². The molecule has 0 amide bonds. The van der Waals surface area contributed by atoms with E-state index in [1.54, 1.807) is 0 Å². The predicted octanol–water partition coefficient (Wildman–Crippen LogP) is 2.19. The normalized spacial score (nSPS) is 24.5. The fourth-order valence-corrected chi connectivity index (χ4v) is 3.34. The van der Waals surface area contributed by atoms with Gasteiger partial charge in [-0.2, -0.15) is 5.10 Å². The minimum atomic E-state index is 0.701. The summed E-state index contributed by atoms with van der Waals surface area (Å²) in [5.41, 5.74) is 3.75. The summed E-state index contributed by atoms with van der Waals surface area (Å²) in [6, 6.07) is 0.701. The average molecular weight is 264 g/mol. The molecule has 2 rings (SSSR count). The van der Waals surface area contributed by atoms with Gasteiger partial charge in [0.2, 0.25) is 0 Å². The lowest BCUT2D eigenvalue weighted by atomic mass is 9.98. The van der Waals surface area contributed by atoms with E-state index in [-0.39, 0.29) is 0 Å². The zero-order chi connectivity index (χ0) is 14.0. The number of aryl methyl sites for hydroxylation is 2. The first-order chi connectivity index (χ1) is 9.02. The third kappa shape index (κ3) is 3.18. The Morgan fingerprint density at radius 2 is 2.05 bits per heavy atom. The first-order valence-corrected chi connectivity index (χ1v) is 7.42. The fourth-order valence-electron chi connectivity index (χ4n) is 3.34. The van der Waals surface area contributed by atoms with Crippen LogP contribution < -0.4 is 0 Å². The highest BCUT2D eigenvalue weighted by molar-refractivity contribution is 5.23. The Labute approximate surface area is 117 Å². The van der Waals surface area contributed by atoms with Crippen molar-refractivity contribution < 1.29 is 0 Å². The lowest BCUT2D eigenvalue weighted by molar-refractivity contribution is 0.238. The summed E-state index contributed by atoms with van der Waals surface area (Å²) in [5.74, 6) is 0.813. The molecule has 0 aromatic carbocycles. The van der Waals surface area contributed by atoms with Crippen LogP contribution in [0.2, 0.25) is 0 Å². The van der Waals surface area contributed by atoms with Gasteiger partial charge in [0.15, 0.2) is 0 Å². The molecule has 0 spiro atoms. The van der Waals surface area contributed by atoms with E-state index in [9.17, 15) is 0 Å². The number of aromatic amines is 1. The number of hydrogen-bond donors (Lipinski definition) is 1. The second-order valence-electron chi connectivity index (χ2n) is 6.19. The molecule has 0 radical (unpaired) electrons. The Balaban J connectivity index is 2.03. The van der Waals surface area contributed by atoms with Crippen LogP contribution >= 0.6 is 0 Å². The molecule has 1 N–H and O–H groups in total. The summed E-state index contributed by atoms with van der Waals surface area (Å²) in [4.78, 5) is 4.99. The second-order valence-corrected chi connectivity index (χ2v) is 6.19. The minimum absolute atomic E-state index is 0.701. The molecule has 0 bridgehead atoms. The summed E-state index contributed by atoms with van der Waals surface area (Å²) < 4.78 is 0. The van der Waals surface area contributed by atoms with Gasteiger partial charge in [-0.15, -0.1) is 0 Å². The van der Waals surface area contributed by atoms with Crippen LogP contribution in [0.25, 0.3) is 0 Å². The van der Waals surface area contributed by atoms with Crippen molar-refractivity contribution in [1.82, 2.24) is 20.0 Å². The predicted molar refractivity (Wildman–Crippen MR) is 79.2 cm³/mol. The van der Waals surface area contributed by atoms with Crippen LogP contribution in [0.1, 0.15) is 36.7 Å². The summed E-state index contributed by atoms with van der Waals surface area (Å²) in [7, 11) is 4.43. The van der Waals surface area contributed by atoms with E-state index in [4.69, 9.17) is 0 Å². The molecule has 108 valence electrons. The summed E-state index contributed by atoms with van der Waals surface area (Å²) in [6.45, 7) is 9.96. The third-order valence-electron chi connectivity index (χ3n) is 4.47. The Bertz CT molecular complexity index is 391. The standard InChI is InChI=1S/C15H28N4/c1-6-7-13-8-19(10-15(13)18(4)5)9-14-11(2)16-17-12(14)3/h13,15H,6-10H2,1-5H3,(H,16,17)/t13-,15-/m0/s1. The van der Waals surface area contributed by atoms with E-state index < -0.39 is 0 Å². The van der Waals surface area contributed by atoms with Gasteiger partial charge in [0.1, 0.15) is 0 Å². The van der Waals surface area contributed by atoms with Crippen molar-refractivity contribution in [3.8, 4) is 0 Å². The maximum absolute atomic E-state index is 4.31. The Hall–Kier alpha value is -0.870. The fraction of sp³-hybridized carbons (Fsp3) is 0.800. The average Bonchev–Trinajstić information content (AvgIpc) is 2.88. The quantitative estimate of drug-likeness (QED) is 0.885. The molecule has 2 heterocycles. The molecule has 0 unspecified atom stereocenters. The number of nitrogens with zero attached hydrogens (tertiary/aromatic N) is 3. The summed E-state index contributed by atoms with van der Waals surface area (Å²) in [5, 5.41) is 7.40. The van der Waals surface area contributed by atoms with Crippen LogP contribution in [0.3, 0.4) is 0 Å². The van der Waals surface area contributed by atoms with Crippen molar-refractivity contribution in [3.63, 3.8) is 0 Å². The largest absolute Gasteiger partial charge is 0.305 e. The van der Waals surface area contributed by atoms with Crippen molar-refractivity contribution in [2.45, 2.75) is 46.2 Å². The van der Waals surface area contributed by atoms with E-state index in [1.807, 2.05) is 0 Å². The molecule has 1 aliphatic heterocycles. The molecular weight excluding hydrogens is 236 g/mol. The van der Waals surface area contributed by atoms with Gasteiger partial charge in [-0.3, -0.25) is 10.00 Å². The molecule has 4 heteroatoms. The van der Waals surface area contributed by atoms with Crippen LogP contribution in [0.15, 0.2) is 0 Å². The summed E-state index contributed by atoms with van der Waals surface area (Å²) >= 11 is 0. The highest BCUT2D eigenvalue weighted by Gasteiger charge is 2.33. The van der Waals surface area contributed by atoms with Crippen molar-refractivity contribution in [2.24, 2.45) is 5.92 Å². The van der Waals surface area contributed by atoms with E-state index in [0.717, 1.165) is 18.2 Å². The Kier molecular flexibility index (Phi) is 4.63. The highest BCUT2D eigenvalue weighted by Crippen LogP contribution is 2.26. The zero-order valence-electron chi connectivity index (χ0n) is 13.0. The molecule has 2 atom stereocenters.